The zero-order valence-corrected chi connectivity index (χ0v) is 10.5. The van der Waals surface area contributed by atoms with E-state index in [-0.39, 0.29) is 0 Å². The third-order valence-corrected chi connectivity index (χ3v) is 2.74. The van der Waals surface area contributed by atoms with E-state index in [4.69, 9.17) is 5.73 Å². The first-order chi connectivity index (χ1) is 7.65. The fourth-order valence-corrected chi connectivity index (χ4v) is 1.82. The molecule has 3 N–H and O–H groups in total. The maximum atomic E-state index is 5.87. The number of nitrogen functional groups attached to an aromatic ring is 1. The molecular weight excluding hydrogens is 268 g/mol. The van der Waals surface area contributed by atoms with E-state index < -0.39 is 0 Å². The van der Waals surface area contributed by atoms with Crippen LogP contribution in [0.3, 0.4) is 0 Å². The number of aryl methyl sites for hydroxylation is 1. The number of aromatic nitrogens is 2. The Labute approximate surface area is 103 Å². The molecule has 0 unspecified atom stereocenters. The van der Waals surface area contributed by atoms with Crippen molar-refractivity contribution < 1.29 is 0 Å². The largest absolute Gasteiger partial charge is 0.397 e. The summed E-state index contributed by atoms with van der Waals surface area (Å²) in [5, 5.41) is 7.53. The van der Waals surface area contributed by atoms with Crippen LogP contribution in [0.2, 0.25) is 0 Å². The molecule has 0 bridgehead atoms. The van der Waals surface area contributed by atoms with E-state index in [1.165, 1.54) is 0 Å². The zero-order chi connectivity index (χ0) is 11.5. The topological polar surface area (TPSA) is 55.9 Å². The Morgan fingerprint density at radius 2 is 2.25 bits per heavy atom. The number of nitrogens with zero attached hydrogens (tertiary/aromatic N) is 2. The second-order valence-corrected chi connectivity index (χ2v) is 4.48. The lowest BCUT2D eigenvalue weighted by Gasteiger charge is -2.07. The molecule has 0 atom stereocenters. The van der Waals surface area contributed by atoms with Gasteiger partial charge >= 0.3 is 0 Å². The molecule has 0 radical (unpaired) electrons. The van der Waals surface area contributed by atoms with Crippen LogP contribution >= 0.6 is 15.9 Å². The van der Waals surface area contributed by atoms with Crippen LogP contribution in [-0.2, 0) is 13.6 Å². The Morgan fingerprint density at radius 1 is 1.44 bits per heavy atom. The predicted molar refractivity (Wildman–Crippen MR) is 69.1 cm³/mol. The number of hydrogen-bond acceptors (Lipinski definition) is 3. The minimum absolute atomic E-state index is 0.673. The number of nitrogens with one attached hydrogen (secondary N) is 1. The predicted octanol–water partition coefficient (Wildman–Crippen LogP) is 2.38. The van der Waals surface area contributed by atoms with E-state index in [0.29, 0.717) is 6.54 Å². The maximum Gasteiger partial charge on any atom is 0.0815 e. The van der Waals surface area contributed by atoms with Gasteiger partial charge in [0.2, 0.25) is 0 Å². The van der Waals surface area contributed by atoms with Gasteiger partial charge in [-0.05, 0) is 24.3 Å². The van der Waals surface area contributed by atoms with Crippen molar-refractivity contribution in [3.63, 3.8) is 0 Å². The normalized spacial score (nSPS) is 10.4. The molecule has 0 fully saturated rings. The van der Waals surface area contributed by atoms with Crippen LogP contribution in [0.1, 0.15) is 5.69 Å². The lowest BCUT2D eigenvalue weighted by atomic mass is 10.2. The summed E-state index contributed by atoms with van der Waals surface area (Å²) in [5.74, 6) is 0. The Balaban J connectivity index is 2.04. The summed E-state index contributed by atoms with van der Waals surface area (Å²) >= 11 is 3.37. The molecule has 5 heteroatoms. The summed E-state index contributed by atoms with van der Waals surface area (Å²) < 4.78 is 2.76. The van der Waals surface area contributed by atoms with Crippen molar-refractivity contribution in [2.24, 2.45) is 7.05 Å². The molecule has 1 aromatic carbocycles. The van der Waals surface area contributed by atoms with Crippen molar-refractivity contribution in [1.29, 1.82) is 0 Å². The Kier molecular flexibility index (Phi) is 3.14. The average Bonchev–Trinajstić information content (AvgIpc) is 2.63. The molecule has 4 nitrogen and oxygen atoms in total. The van der Waals surface area contributed by atoms with E-state index in [1.807, 2.05) is 37.5 Å². The van der Waals surface area contributed by atoms with Gasteiger partial charge in [-0.15, -0.1) is 0 Å². The summed E-state index contributed by atoms with van der Waals surface area (Å²) in [6, 6.07) is 7.75. The van der Waals surface area contributed by atoms with E-state index in [9.17, 15) is 0 Å². The van der Waals surface area contributed by atoms with E-state index in [1.54, 1.807) is 4.68 Å². The Hall–Kier alpha value is -1.49. The van der Waals surface area contributed by atoms with Crippen molar-refractivity contribution >= 4 is 27.3 Å². The van der Waals surface area contributed by atoms with Crippen molar-refractivity contribution in [3.05, 3.63) is 40.6 Å². The minimum Gasteiger partial charge on any atom is -0.397 e. The molecule has 0 aliphatic carbocycles. The van der Waals surface area contributed by atoms with Gasteiger partial charge in [-0.2, -0.15) is 5.10 Å². The molecule has 0 aliphatic heterocycles. The second kappa shape index (κ2) is 4.57. The SMILES string of the molecule is Cn1ccc(CNc2ccc(Br)cc2N)n1. The van der Waals surface area contributed by atoms with Crippen LogP contribution in [0.4, 0.5) is 11.4 Å². The second-order valence-electron chi connectivity index (χ2n) is 3.57. The number of nitrogens with two attached hydrogens (primary N) is 1. The highest BCUT2D eigenvalue weighted by Crippen LogP contribution is 2.23. The number of hydrogen-bond donors (Lipinski definition) is 2. The molecule has 0 aliphatic rings. The smallest absolute Gasteiger partial charge is 0.0815 e. The first-order valence-electron chi connectivity index (χ1n) is 4.92. The Bertz CT molecular complexity index is 492. The van der Waals surface area contributed by atoms with E-state index >= 15 is 0 Å². The molecule has 0 saturated heterocycles. The van der Waals surface area contributed by atoms with Gasteiger partial charge < -0.3 is 11.1 Å². The maximum absolute atomic E-state index is 5.87. The average molecular weight is 281 g/mol. The van der Waals surface area contributed by atoms with Gasteiger partial charge in [-0.1, -0.05) is 15.9 Å². The number of benzene rings is 1. The minimum atomic E-state index is 0.673. The van der Waals surface area contributed by atoms with Crippen LogP contribution in [0, 0.1) is 0 Å². The molecule has 0 saturated carbocycles. The molecule has 1 aromatic heterocycles. The molecular formula is C11H13BrN4. The highest BCUT2D eigenvalue weighted by atomic mass is 79.9. The molecule has 16 heavy (non-hydrogen) atoms. The fraction of sp³-hybridized carbons (Fsp3) is 0.182. The molecule has 84 valence electrons. The number of halogens is 1. The highest BCUT2D eigenvalue weighted by Gasteiger charge is 2.01. The standard InChI is InChI=1S/C11H13BrN4/c1-16-5-4-9(15-16)7-14-11-3-2-8(12)6-10(11)13/h2-6,14H,7,13H2,1H3. The van der Waals surface area contributed by atoms with Gasteiger partial charge in [0.25, 0.3) is 0 Å². The summed E-state index contributed by atoms with van der Waals surface area (Å²) in [6.07, 6.45) is 1.92. The van der Waals surface area contributed by atoms with Gasteiger partial charge in [0.15, 0.2) is 0 Å². The van der Waals surface area contributed by atoms with Gasteiger partial charge in [-0.3, -0.25) is 4.68 Å². The molecule has 2 rings (SSSR count). The number of anilines is 2. The molecule has 0 amide bonds. The first-order valence-corrected chi connectivity index (χ1v) is 5.72. The van der Waals surface area contributed by atoms with Gasteiger partial charge in [0, 0.05) is 17.7 Å². The summed E-state index contributed by atoms with van der Waals surface area (Å²) in [6.45, 7) is 0.673. The molecule has 1 heterocycles. The highest BCUT2D eigenvalue weighted by molar-refractivity contribution is 9.10. The van der Waals surface area contributed by atoms with E-state index in [0.717, 1.165) is 21.5 Å². The van der Waals surface area contributed by atoms with Crippen LogP contribution in [-0.4, -0.2) is 9.78 Å². The van der Waals surface area contributed by atoms with E-state index in [2.05, 4.69) is 26.3 Å². The van der Waals surface area contributed by atoms with Gasteiger partial charge in [0.1, 0.15) is 0 Å². The summed E-state index contributed by atoms with van der Waals surface area (Å²) in [4.78, 5) is 0. The van der Waals surface area contributed by atoms with Crippen LogP contribution in [0.5, 0.6) is 0 Å². The quantitative estimate of drug-likeness (QED) is 0.849. The zero-order valence-electron chi connectivity index (χ0n) is 8.94. The fourth-order valence-electron chi connectivity index (χ4n) is 1.44. The lowest BCUT2D eigenvalue weighted by Crippen LogP contribution is -2.03. The third kappa shape index (κ3) is 2.55. The van der Waals surface area contributed by atoms with Crippen LogP contribution in [0.15, 0.2) is 34.9 Å². The summed E-state index contributed by atoms with van der Waals surface area (Å²) in [5.41, 5.74) is 8.52. The van der Waals surface area contributed by atoms with Gasteiger partial charge in [-0.25, -0.2) is 0 Å². The first kappa shape index (κ1) is 11.0. The monoisotopic (exact) mass is 280 g/mol. The van der Waals surface area contributed by atoms with Crippen molar-refractivity contribution in [2.75, 3.05) is 11.1 Å². The van der Waals surface area contributed by atoms with Crippen molar-refractivity contribution in [1.82, 2.24) is 9.78 Å². The van der Waals surface area contributed by atoms with Crippen molar-refractivity contribution in [3.8, 4) is 0 Å². The Morgan fingerprint density at radius 3 is 2.88 bits per heavy atom. The summed E-state index contributed by atoms with van der Waals surface area (Å²) in [7, 11) is 1.90. The third-order valence-electron chi connectivity index (χ3n) is 2.24. The van der Waals surface area contributed by atoms with Crippen LogP contribution < -0.4 is 11.1 Å². The van der Waals surface area contributed by atoms with Crippen molar-refractivity contribution in [2.45, 2.75) is 6.54 Å². The van der Waals surface area contributed by atoms with Gasteiger partial charge in [0.05, 0.1) is 23.6 Å². The molecule has 2 aromatic rings. The van der Waals surface area contributed by atoms with Crippen LogP contribution in [0.25, 0.3) is 0 Å². The molecule has 0 spiro atoms. The lowest BCUT2D eigenvalue weighted by molar-refractivity contribution is 0.747. The number of rotatable bonds is 3.